The Kier molecular flexibility index (Phi) is 6.69. The molecule has 0 radical (unpaired) electrons. The second kappa shape index (κ2) is 9.83. The van der Waals surface area contributed by atoms with Crippen molar-refractivity contribution in [3.63, 3.8) is 0 Å². The molecule has 0 bridgehead atoms. The van der Waals surface area contributed by atoms with Crippen LogP contribution >= 0.6 is 0 Å². The molecule has 9 heteroatoms. The molecule has 2 N–H and O–H groups in total. The molecule has 172 valence electrons. The van der Waals surface area contributed by atoms with E-state index in [1.54, 1.807) is 30.3 Å². The van der Waals surface area contributed by atoms with Crippen molar-refractivity contribution < 1.29 is 22.7 Å². The van der Waals surface area contributed by atoms with Gasteiger partial charge in [-0.1, -0.05) is 18.2 Å². The number of benzene rings is 3. The molecule has 0 atom stereocenters. The largest absolute Gasteiger partial charge is 0.486 e. The first-order chi connectivity index (χ1) is 15.9. The lowest BCUT2D eigenvalue weighted by Gasteiger charge is -2.19. The molecule has 0 spiro atoms. The van der Waals surface area contributed by atoms with Gasteiger partial charge in [0.25, 0.3) is 15.9 Å². The average molecular weight is 468 g/mol. The molecule has 0 aliphatic carbocycles. The van der Waals surface area contributed by atoms with Gasteiger partial charge in [0.1, 0.15) is 13.2 Å². The van der Waals surface area contributed by atoms with Crippen LogP contribution in [0.4, 0.5) is 11.4 Å². The summed E-state index contributed by atoms with van der Waals surface area (Å²) in [5.41, 5.74) is 1.87. The summed E-state index contributed by atoms with van der Waals surface area (Å²) in [6.45, 7) is 1.93. The molecular formula is C24H25N3O5S. The van der Waals surface area contributed by atoms with Crippen LogP contribution < -0.4 is 24.4 Å². The van der Waals surface area contributed by atoms with Crippen molar-refractivity contribution in [1.82, 2.24) is 5.32 Å². The number of hydrogen-bond acceptors (Lipinski definition) is 6. The van der Waals surface area contributed by atoms with Crippen molar-refractivity contribution in [2.45, 2.75) is 4.90 Å². The third kappa shape index (κ3) is 5.56. The minimum atomic E-state index is -3.82. The Morgan fingerprint density at radius 1 is 0.939 bits per heavy atom. The Balaban J connectivity index is 1.33. The number of anilines is 2. The number of fused-ring (bicyclic) bond motifs is 1. The highest BCUT2D eigenvalue weighted by Crippen LogP contribution is 2.32. The summed E-state index contributed by atoms with van der Waals surface area (Å²) in [5.74, 6) is 0.692. The monoisotopic (exact) mass is 467 g/mol. The van der Waals surface area contributed by atoms with Gasteiger partial charge in [-0.25, -0.2) is 8.42 Å². The molecule has 1 heterocycles. The fraction of sp³-hybridized carbons (Fsp3) is 0.208. The molecule has 3 aromatic carbocycles. The molecule has 0 fully saturated rings. The van der Waals surface area contributed by atoms with E-state index in [0.717, 1.165) is 5.69 Å². The summed E-state index contributed by atoms with van der Waals surface area (Å²) in [6, 6.07) is 20.7. The Morgan fingerprint density at radius 2 is 1.64 bits per heavy atom. The smallest absolute Gasteiger partial charge is 0.262 e. The molecule has 1 amide bonds. The second-order valence-corrected chi connectivity index (χ2v) is 9.18. The average Bonchev–Trinajstić information content (AvgIpc) is 2.84. The second-order valence-electron chi connectivity index (χ2n) is 7.50. The lowest BCUT2D eigenvalue weighted by atomic mass is 10.2. The van der Waals surface area contributed by atoms with Crippen LogP contribution in [-0.4, -0.2) is 47.7 Å². The number of amides is 1. The van der Waals surface area contributed by atoms with E-state index in [2.05, 4.69) is 14.9 Å². The number of sulfonamides is 1. The van der Waals surface area contributed by atoms with Gasteiger partial charge in [0, 0.05) is 43.1 Å². The molecule has 4 rings (SSSR count). The number of ether oxygens (including phenoxy) is 2. The number of carbonyl (C=O) groups is 1. The Morgan fingerprint density at radius 3 is 2.36 bits per heavy atom. The number of hydrogen-bond donors (Lipinski definition) is 2. The van der Waals surface area contributed by atoms with Gasteiger partial charge in [0.2, 0.25) is 0 Å². The van der Waals surface area contributed by atoms with Gasteiger partial charge in [0.05, 0.1) is 4.90 Å². The Hall–Kier alpha value is -3.72. The SMILES string of the molecule is CN(CCNC(=O)c1ccc(NS(=O)(=O)c2ccc3c(c2)OCCO3)cc1)c1ccccc1. The van der Waals surface area contributed by atoms with Gasteiger partial charge in [-0.05, 0) is 48.5 Å². The molecular weight excluding hydrogens is 442 g/mol. The van der Waals surface area contributed by atoms with Crippen molar-refractivity contribution in [2.24, 2.45) is 0 Å². The van der Waals surface area contributed by atoms with E-state index in [4.69, 9.17) is 9.47 Å². The maximum atomic E-state index is 12.7. The lowest BCUT2D eigenvalue weighted by Crippen LogP contribution is -2.32. The zero-order valence-electron chi connectivity index (χ0n) is 18.2. The molecule has 33 heavy (non-hydrogen) atoms. The van der Waals surface area contributed by atoms with Crippen LogP contribution in [0.1, 0.15) is 10.4 Å². The first kappa shape index (κ1) is 22.5. The first-order valence-electron chi connectivity index (χ1n) is 10.5. The number of carbonyl (C=O) groups excluding carboxylic acids is 1. The van der Waals surface area contributed by atoms with Gasteiger partial charge in [-0.3, -0.25) is 9.52 Å². The predicted molar refractivity (Wildman–Crippen MR) is 127 cm³/mol. The van der Waals surface area contributed by atoms with E-state index in [1.807, 2.05) is 37.4 Å². The van der Waals surface area contributed by atoms with Crippen LogP contribution in [0.3, 0.4) is 0 Å². The van der Waals surface area contributed by atoms with Crippen LogP contribution in [0.25, 0.3) is 0 Å². The third-order valence-electron chi connectivity index (χ3n) is 5.15. The number of likely N-dealkylation sites (N-methyl/N-ethyl adjacent to an activating group) is 1. The van der Waals surface area contributed by atoms with Gasteiger partial charge in [-0.2, -0.15) is 0 Å². The maximum absolute atomic E-state index is 12.7. The Bertz CT molecular complexity index is 1210. The molecule has 3 aromatic rings. The molecule has 1 aliphatic heterocycles. The molecule has 0 unspecified atom stereocenters. The number of rotatable bonds is 8. The Labute approximate surface area is 193 Å². The molecule has 0 saturated heterocycles. The number of nitrogens with zero attached hydrogens (tertiary/aromatic N) is 1. The van der Waals surface area contributed by atoms with Gasteiger partial charge in [-0.15, -0.1) is 0 Å². The highest BCUT2D eigenvalue weighted by atomic mass is 32.2. The minimum absolute atomic E-state index is 0.0658. The fourth-order valence-corrected chi connectivity index (χ4v) is 4.42. The molecule has 1 aliphatic rings. The minimum Gasteiger partial charge on any atom is -0.486 e. The van der Waals surface area contributed by atoms with E-state index in [9.17, 15) is 13.2 Å². The van der Waals surface area contributed by atoms with E-state index in [-0.39, 0.29) is 10.8 Å². The predicted octanol–water partition coefficient (Wildman–Crippen LogP) is 3.12. The van der Waals surface area contributed by atoms with Crippen LogP contribution in [0.5, 0.6) is 11.5 Å². The fourth-order valence-electron chi connectivity index (χ4n) is 3.35. The van der Waals surface area contributed by atoms with Gasteiger partial charge >= 0.3 is 0 Å². The van der Waals surface area contributed by atoms with E-state index < -0.39 is 10.0 Å². The highest BCUT2D eigenvalue weighted by Gasteiger charge is 2.19. The molecule has 0 aromatic heterocycles. The van der Waals surface area contributed by atoms with Crippen molar-refractivity contribution in [1.29, 1.82) is 0 Å². The van der Waals surface area contributed by atoms with Crippen LogP contribution in [-0.2, 0) is 10.0 Å². The zero-order valence-corrected chi connectivity index (χ0v) is 19.0. The summed E-state index contributed by atoms with van der Waals surface area (Å²) in [7, 11) is -1.86. The van der Waals surface area contributed by atoms with Gasteiger partial charge < -0.3 is 19.7 Å². The molecule has 8 nitrogen and oxygen atoms in total. The van der Waals surface area contributed by atoms with E-state index in [1.165, 1.54) is 12.1 Å². The van der Waals surface area contributed by atoms with E-state index in [0.29, 0.717) is 49.1 Å². The van der Waals surface area contributed by atoms with Gasteiger partial charge in [0.15, 0.2) is 11.5 Å². The summed E-state index contributed by atoms with van der Waals surface area (Å²) in [5, 5.41) is 2.88. The van der Waals surface area contributed by atoms with Crippen molar-refractivity contribution in [3.05, 3.63) is 78.4 Å². The maximum Gasteiger partial charge on any atom is 0.262 e. The molecule has 0 saturated carbocycles. The van der Waals surface area contributed by atoms with Crippen LogP contribution in [0.2, 0.25) is 0 Å². The van der Waals surface area contributed by atoms with Crippen molar-refractivity contribution in [2.75, 3.05) is 43.0 Å². The van der Waals surface area contributed by atoms with Crippen molar-refractivity contribution >= 4 is 27.3 Å². The van der Waals surface area contributed by atoms with Crippen LogP contribution in [0.15, 0.2) is 77.7 Å². The first-order valence-corrected chi connectivity index (χ1v) is 12.0. The summed E-state index contributed by atoms with van der Waals surface area (Å²) >= 11 is 0. The zero-order chi connectivity index (χ0) is 23.3. The van der Waals surface area contributed by atoms with Crippen molar-refractivity contribution in [3.8, 4) is 11.5 Å². The number of nitrogens with one attached hydrogen (secondary N) is 2. The standard InChI is InChI=1S/C24H25N3O5S/c1-27(20-5-3-2-4-6-20)14-13-25-24(28)18-7-9-19(10-8-18)26-33(29,30)21-11-12-22-23(17-21)32-16-15-31-22/h2-12,17,26H,13-16H2,1H3,(H,25,28). The normalized spacial score (nSPS) is 12.6. The summed E-state index contributed by atoms with van der Waals surface area (Å²) < 4.78 is 38.9. The number of para-hydroxylation sites is 1. The summed E-state index contributed by atoms with van der Waals surface area (Å²) in [4.78, 5) is 14.5. The quantitative estimate of drug-likeness (QED) is 0.528. The highest BCUT2D eigenvalue weighted by molar-refractivity contribution is 7.92. The van der Waals surface area contributed by atoms with Crippen LogP contribution in [0, 0.1) is 0 Å². The lowest BCUT2D eigenvalue weighted by molar-refractivity contribution is 0.0954. The third-order valence-corrected chi connectivity index (χ3v) is 6.53. The topological polar surface area (TPSA) is 97.0 Å². The summed E-state index contributed by atoms with van der Waals surface area (Å²) in [6.07, 6.45) is 0. The van der Waals surface area contributed by atoms with E-state index >= 15 is 0 Å².